The average Bonchev–Trinajstić information content (AvgIpc) is 3.01. The first-order valence-corrected chi connectivity index (χ1v) is 13.7. The van der Waals surface area contributed by atoms with Crippen LogP contribution >= 0.6 is 0 Å². The Labute approximate surface area is 247 Å². The van der Waals surface area contributed by atoms with Crippen LogP contribution in [0.15, 0.2) is 72.8 Å². The predicted octanol–water partition coefficient (Wildman–Crippen LogP) is 3.78. The average molecular weight is 575 g/mol. The molecule has 1 saturated heterocycles. The molecule has 3 aromatic carbocycles. The van der Waals surface area contributed by atoms with Crippen molar-refractivity contribution in [3.05, 3.63) is 89.5 Å². The molecule has 0 aromatic heterocycles. The van der Waals surface area contributed by atoms with Crippen molar-refractivity contribution in [3.63, 3.8) is 0 Å². The minimum atomic E-state index is -0.570. The standard InChI is InChI=1S/C32H38N4O6/c1-33(2)27-12-8-24(9-13-27)19-36(20-25-10-14-28(40-3)15-11-25)31(38)21-34-16-17-35(22-30(34)37)32(39)42-23-26-6-5-7-29(18-26)41-4/h5-15,18H,16-17,19-23H2,1-4H3. The number of piperazine rings is 1. The van der Waals surface area contributed by atoms with Crippen LogP contribution in [-0.2, 0) is 34.0 Å². The van der Waals surface area contributed by atoms with Gasteiger partial charge in [-0.1, -0.05) is 36.4 Å². The molecule has 1 heterocycles. The first-order chi connectivity index (χ1) is 20.2. The van der Waals surface area contributed by atoms with Crippen molar-refractivity contribution in [1.82, 2.24) is 14.7 Å². The van der Waals surface area contributed by atoms with Crippen LogP contribution in [0.2, 0.25) is 0 Å². The Hall–Kier alpha value is -4.73. The molecule has 0 unspecified atom stereocenters. The summed E-state index contributed by atoms with van der Waals surface area (Å²) in [4.78, 5) is 45.8. The molecule has 4 rings (SSSR count). The molecule has 0 bridgehead atoms. The molecule has 3 amide bonds. The van der Waals surface area contributed by atoms with Gasteiger partial charge >= 0.3 is 6.09 Å². The van der Waals surface area contributed by atoms with Crippen molar-refractivity contribution in [2.45, 2.75) is 19.7 Å². The number of rotatable bonds is 11. The van der Waals surface area contributed by atoms with Gasteiger partial charge in [0.1, 0.15) is 24.7 Å². The molecule has 0 aliphatic carbocycles. The second-order valence-corrected chi connectivity index (χ2v) is 10.3. The van der Waals surface area contributed by atoms with Gasteiger partial charge in [0.05, 0.1) is 20.8 Å². The van der Waals surface area contributed by atoms with Crippen molar-refractivity contribution < 1.29 is 28.6 Å². The maximum Gasteiger partial charge on any atom is 0.410 e. The number of hydrogen-bond donors (Lipinski definition) is 0. The lowest BCUT2D eigenvalue weighted by molar-refractivity contribution is -0.143. The number of benzene rings is 3. The molecule has 1 aliphatic rings. The molecule has 1 fully saturated rings. The van der Waals surface area contributed by atoms with E-state index >= 15 is 0 Å². The maximum absolute atomic E-state index is 13.6. The highest BCUT2D eigenvalue weighted by Crippen LogP contribution is 2.19. The van der Waals surface area contributed by atoms with E-state index in [1.165, 1.54) is 9.80 Å². The normalized spacial score (nSPS) is 13.0. The zero-order valence-electron chi connectivity index (χ0n) is 24.6. The molecule has 0 saturated carbocycles. The summed E-state index contributed by atoms with van der Waals surface area (Å²) in [5, 5.41) is 0. The number of methoxy groups -OCH3 is 2. The van der Waals surface area contributed by atoms with Crippen LogP contribution in [-0.4, -0.2) is 87.1 Å². The third kappa shape index (κ3) is 8.15. The van der Waals surface area contributed by atoms with E-state index in [0.717, 1.165) is 28.1 Å². The van der Waals surface area contributed by atoms with Crippen LogP contribution in [0.1, 0.15) is 16.7 Å². The highest BCUT2D eigenvalue weighted by Gasteiger charge is 2.30. The largest absolute Gasteiger partial charge is 0.497 e. The van der Waals surface area contributed by atoms with E-state index in [-0.39, 0.29) is 44.6 Å². The van der Waals surface area contributed by atoms with Crippen molar-refractivity contribution in [2.24, 2.45) is 0 Å². The van der Waals surface area contributed by atoms with Crippen molar-refractivity contribution in [2.75, 3.05) is 59.4 Å². The summed E-state index contributed by atoms with van der Waals surface area (Å²) < 4.78 is 15.9. The van der Waals surface area contributed by atoms with E-state index in [4.69, 9.17) is 14.2 Å². The van der Waals surface area contributed by atoms with Crippen LogP contribution in [0.5, 0.6) is 11.5 Å². The molecule has 3 aromatic rings. The Balaban J connectivity index is 1.37. The van der Waals surface area contributed by atoms with Gasteiger partial charge in [0, 0.05) is 46.0 Å². The zero-order chi connectivity index (χ0) is 30.1. The molecule has 42 heavy (non-hydrogen) atoms. The summed E-state index contributed by atoms with van der Waals surface area (Å²) in [6.07, 6.45) is -0.570. The lowest BCUT2D eigenvalue weighted by Crippen LogP contribution is -2.54. The lowest BCUT2D eigenvalue weighted by Gasteiger charge is -2.34. The van der Waals surface area contributed by atoms with E-state index in [1.807, 2.05) is 85.7 Å². The van der Waals surface area contributed by atoms with Gasteiger partial charge in [0.25, 0.3) is 0 Å². The summed E-state index contributed by atoms with van der Waals surface area (Å²) in [5.74, 6) is 0.933. The number of nitrogens with zero attached hydrogens (tertiary/aromatic N) is 4. The van der Waals surface area contributed by atoms with Crippen molar-refractivity contribution in [1.29, 1.82) is 0 Å². The third-order valence-corrected chi connectivity index (χ3v) is 7.11. The van der Waals surface area contributed by atoms with Crippen molar-refractivity contribution in [3.8, 4) is 11.5 Å². The minimum Gasteiger partial charge on any atom is -0.497 e. The summed E-state index contributed by atoms with van der Waals surface area (Å²) >= 11 is 0. The third-order valence-electron chi connectivity index (χ3n) is 7.11. The van der Waals surface area contributed by atoms with Gasteiger partial charge in [-0.2, -0.15) is 0 Å². The topological polar surface area (TPSA) is 91.9 Å². The zero-order valence-corrected chi connectivity index (χ0v) is 24.6. The monoisotopic (exact) mass is 574 g/mol. The van der Waals surface area contributed by atoms with E-state index < -0.39 is 6.09 Å². The summed E-state index contributed by atoms with van der Waals surface area (Å²) in [5.41, 5.74) is 3.78. The highest BCUT2D eigenvalue weighted by atomic mass is 16.6. The number of ether oxygens (including phenoxy) is 3. The molecule has 10 heteroatoms. The summed E-state index contributed by atoms with van der Waals surface area (Å²) in [6, 6.07) is 22.9. The number of anilines is 1. The van der Waals surface area contributed by atoms with Crippen LogP contribution in [0.25, 0.3) is 0 Å². The second-order valence-electron chi connectivity index (χ2n) is 10.3. The molecule has 0 N–H and O–H groups in total. The molecular weight excluding hydrogens is 536 g/mol. The highest BCUT2D eigenvalue weighted by molar-refractivity contribution is 5.88. The lowest BCUT2D eigenvalue weighted by atomic mass is 10.1. The molecule has 222 valence electrons. The molecule has 0 atom stereocenters. The first kappa shape index (κ1) is 30.2. The molecule has 10 nitrogen and oxygen atoms in total. The Kier molecular flexibility index (Phi) is 10.3. The van der Waals surface area contributed by atoms with Gasteiger partial charge in [0.2, 0.25) is 11.8 Å². The Morgan fingerprint density at radius 3 is 2.05 bits per heavy atom. The van der Waals surface area contributed by atoms with Gasteiger partial charge in [-0.15, -0.1) is 0 Å². The van der Waals surface area contributed by atoms with Crippen molar-refractivity contribution >= 4 is 23.6 Å². The van der Waals surface area contributed by atoms with Gasteiger partial charge in [-0.25, -0.2) is 4.79 Å². The summed E-state index contributed by atoms with van der Waals surface area (Å²) in [7, 11) is 7.14. The number of carbonyl (C=O) groups excluding carboxylic acids is 3. The SMILES string of the molecule is COc1ccc(CN(Cc2ccc(N(C)C)cc2)C(=O)CN2CCN(C(=O)OCc3cccc(OC)c3)CC2=O)cc1. The quantitative estimate of drug-likeness (QED) is 0.344. The van der Waals surface area contributed by atoms with Gasteiger partial charge in [-0.05, 0) is 53.1 Å². The fourth-order valence-corrected chi connectivity index (χ4v) is 4.60. The van der Waals surface area contributed by atoms with E-state index in [1.54, 1.807) is 25.2 Å². The number of amides is 3. The summed E-state index contributed by atoms with van der Waals surface area (Å²) in [6.45, 7) is 1.14. The Morgan fingerprint density at radius 2 is 1.45 bits per heavy atom. The fraction of sp³-hybridized carbons (Fsp3) is 0.344. The second kappa shape index (κ2) is 14.2. The molecule has 0 radical (unpaired) electrons. The number of carbonyl (C=O) groups is 3. The Morgan fingerprint density at radius 1 is 0.810 bits per heavy atom. The molecular formula is C32H38N4O6. The maximum atomic E-state index is 13.6. The molecule has 1 aliphatic heterocycles. The van der Waals surface area contributed by atoms with Crippen LogP contribution in [0, 0.1) is 0 Å². The van der Waals surface area contributed by atoms with Crippen LogP contribution in [0.3, 0.4) is 0 Å². The van der Waals surface area contributed by atoms with E-state index in [0.29, 0.717) is 18.8 Å². The predicted molar refractivity (Wildman–Crippen MR) is 159 cm³/mol. The van der Waals surface area contributed by atoms with Crippen LogP contribution in [0.4, 0.5) is 10.5 Å². The van der Waals surface area contributed by atoms with E-state index in [2.05, 4.69) is 0 Å². The fourth-order valence-electron chi connectivity index (χ4n) is 4.60. The van der Waals surface area contributed by atoms with Crippen LogP contribution < -0.4 is 14.4 Å². The van der Waals surface area contributed by atoms with E-state index in [9.17, 15) is 14.4 Å². The van der Waals surface area contributed by atoms with Gasteiger partial charge in [-0.3, -0.25) is 14.5 Å². The van der Waals surface area contributed by atoms with Gasteiger partial charge in [0.15, 0.2) is 0 Å². The Bertz CT molecular complexity index is 1360. The van der Waals surface area contributed by atoms with Gasteiger partial charge < -0.3 is 28.9 Å². The molecule has 0 spiro atoms. The smallest absolute Gasteiger partial charge is 0.410 e. The first-order valence-electron chi connectivity index (χ1n) is 13.7. The minimum absolute atomic E-state index is 0.0682. The number of hydrogen-bond acceptors (Lipinski definition) is 7.